The monoisotopic (exact) mass is 249 g/mol. The second-order valence-corrected chi connectivity index (χ2v) is 4.28. The molecule has 0 spiro atoms. The van der Waals surface area contributed by atoms with Crippen LogP contribution in [0.4, 0.5) is 0 Å². The quantitative estimate of drug-likeness (QED) is 0.756. The molecule has 1 aromatic carbocycles. The number of nitrogens with one attached hydrogen (secondary N) is 1. The van der Waals surface area contributed by atoms with Crippen molar-refractivity contribution in [2.75, 3.05) is 0 Å². The summed E-state index contributed by atoms with van der Waals surface area (Å²) >= 11 is 0. The van der Waals surface area contributed by atoms with Gasteiger partial charge in [-0.25, -0.2) is 9.97 Å². The number of nitrogens with zero attached hydrogens (tertiary/aromatic N) is 4. The Bertz CT molecular complexity index is 782. The summed E-state index contributed by atoms with van der Waals surface area (Å²) in [6.45, 7) is 2.04. The van der Waals surface area contributed by atoms with Crippen molar-refractivity contribution in [3.8, 4) is 17.6 Å². The van der Waals surface area contributed by atoms with E-state index in [1.807, 2.05) is 43.3 Å². The molecule has 0 atom stereocenters. The molecule has 0 aliphatic rings. The highest BCUT2D eigenvalue weighted by Crippen LogP contribution is 2.21. The first-order valence-corrected chi connectivity index (χ1v) is 5.93. The van der Waals surface area contributed by atoms with Gasteiger partial charge in [0.2, 0.25) is 0 Å². The summed E-state index contributed by atoms with van der Waals surface area (Å²) in [5.74, 6) is 1.09. The van der Waals surface area contributed by atoms with E-state index in [9.17, 15) is 0 Å². The summed E-state index contributed by atoms with van der Waals surface area (Å²) in [4.78, 5) is 8.82. The van der Waals surface area contributed by atoms with Gasteiger partial charge in [0.05, 0.1) is 18.0 Å². The Kier molecular flexibility index (Phi) is 2.69. The van der Waals surface area contributed by atoms with E-state index in [0.717, 1.165) is 22.2 Å². The zero-order chi connectivity index (χ0) is 13.2. The first-order chi connectivity index (χ1) is 9.28. The summed E-state index contributed by atoms with van der Waals surface area (Å²) < 4.78 is 0. The van der Waals surface area contributed by atoms with E-state index in [0.29, 0.717) is 11.6 Å². The molecule has 5 heteroatoms. The smallest absolute Gasteiger partial charge is 0.199 e. The molecule has 19 heavy (non-hydrogen) atoms. The van der Waals surface area contributed by atoms with Crippen molar-refractivity contribution >= 4 is 10.9 Å². The van der Waals surface area contributed by atoms with E-state index in [2.05, 4.69) is 20.2 Å². The summed E-state index contributed by atoms with van der Waals surface area (Å²) in [6, 6.07) is 12.0. The molecular weight excluding hydrogens is 238 g/mol. The first kappa shape index (κ1) is 11.4. The van der Waals surface area contributed by atoms with Crippen LogP contribution in [0.1, 0.15) is 11.4 Å². The maximum absolute atomic E-state index is 8.63. The maximum Gasteiger partial charge on any atom is 0.199 e. The highest BCUT2D eigenvalue weighted by Gasteiger charge is 2.09. The lowest BCUT2D eigenvalue weighted by atomic mass is 10.1. The van der Waals surface area contributed by atoms with Crippen LogP contribution in [0.25, 0.3) is 22.4 Å². The number of pyridine rings is 1. The number of hydrogen-bond acceptors (Lipinski definition) is 4. The summed E-state index contributed by atoms with van der Waals surface area (Å²) in [5, 5.41) is 16.6. The summed E-state index contributed by atoms with van der Waals surface area (Å²) in [7, 11) is 0. The minimum absolute atomic E-state index is 0.222. The number of aromatic nitrogens is 4. The minimum Gasteiger partial charge on any atom is -0.262 e. The van der Waals surface area contributed by atoms with Crippen LogP contribution in [-0.2, 0) is 6.42 Å². The van der Waals surface area contributed by atoms with Gasteiger partial charge in [-0.15, -0.1) is 0 Å². The van der Waals surface area contributed by atoms with Crippen molar-refractivity contribution in [1.82, 2.24) is 20.2 Å². The molecular formula is C14H11N5. The van der Waals surface area contributed by atoms with Gasteiger partial charge in [-0.3, -0.25) is 5.10 Å². The number of benzene rings is 1. The Balaban J connectivity index is 2.12. The fourth-order valence-corrected chi connectivity index (χ4v) is 2.03. The predicted octanol–water partition coefficient (Wildman–Crippen LogP) is 2.39. The van der Waals surface area contributed by atoms with Gasteiger partial charge in [-0.1, -0.05) is 18.2 Å². The number of hydrogen-bond donors (Lipinski definition) is 1. The summed E-state index contributed by atoms with van der Waals surface area (Å²) in [5.41, 5.74) is 2.77. The van der Waals surface area contributed by atoms with Gasteiger partial charge >= 0.3 is 0 Å². The van der Waals surface area contributed by atoms with Crippen molar-refractivity contribution in [3.05, 3.63) is 41.7 Å². The Hall–Kier alpha value is -2.74. The fraction of sp³-hybridized carbons (Fsp3) is 0.143. The Morgan fingerprint density at radius 2 is 2.11 bits per heavy atom. The predicted molar refractivity (Wildman–Crippen MR) is 71.2 cm³/mol. The molecule has 92 valence electrons. The normalized spacial score (nSPS) is 10.5. The van der Waals surface area contributed by atoms with Crippen molar-refractivity contribution in [2.45, 2.75) is 13.3 Å². The molecule has 0 aliphatic carbocycles. The third kappa shape index (κ3) is 2.04. The molecule has 0 unspecified atom stereocenters. The van der Waals surface area contributed by atoms with E-state index >= 15 is 0 Å². The average Bonchev–Trinajstić information content (AvgIpc) is 2.88. The Labute approximate surface area is 109 Å². The Morgan fingerprint density at radius 3 is 2.95 bits per heavy atom. The molecule has 3 rings (SSSR count). The lowest BCUT2D eigenvalue weighted by molar-refractivity contribution is 0.995. The third-order valence-corrected chi connectivity index (χ3v) is 2.93. The molecule has 0 aliphatic heterocycles. The van der Waals surface area contributed by atoms with Gasteiger partial charge in [-0.2, -0.15) is 10.4 Å². The van der Waals surface area contributed by atoms with Gasteiger partial charge in [0, 0.05) is 5.39 Å². The summed E-state index contributed by atoms with van der Waals surface area (Å²) in [6.07, 6.45) is 0.222. The van der Waals surface area contributed by atoms with E-state index in [1.165, 1.54) is 0 Å². The van der Waals surface area contributed by atoms with Crippen molar-refractivity contribution in [3.63, 3.8) is 0 Å². The molecule has 2 aromatic heterocycles. The van der Waals surface area contributed by atoms with Crippen LogP contribution >= 0.6 is 0 Å². The standard InChI is InChI=1S/C14H11N5/c1-9-8-12(14-17-13(6-7-15)18-19-14)16-11-5-3-2-4-10(9)11/h2-5,8H,6H2,1H3,(H,17,18,19). The van der Waals surface area contributed by atoms with Gasteiger partial charge in [-0.05, 0) is 24.6 Å². The molecule has 0 saturated heterocycles. The van der Waals surface area contributed by atoms with Gasteiger partial charge in [0.25, 0.3) is 0 Å². The Morgan fingerprint density at radius 1 is 1.26 bits per heavy atom. The van der Waals surface area contributed by atoms with E-state index < -0.39 is 0 Å². The first-order valence-electron chi connectivity index (χ1n) is 5.93. The van der Waals surface area contributed by atoms with Crippen molar-refractivity contribution < 1.29 is 0 Å². The molecule has 0 radical (unpaired) electrons. The number of rotatable bonds is 2. The highest BCUT2D eigenvalue weighted by molar-refractivity contribution is 5.84. The SMILES string of the molecule is Cc1cc(-c2n[nH]c(CC#N)n2)nc2ccccc12. The molecule has 2 heterocycles. The zero-order valence-electron chi connectivity index (χ0n) is 10.4. The van der Waals surface area contributed by atoms with Crippen LogP contribution < -0.4 is 0 Å². The minimum atomic E-state index is 0.222. The van der Waals surface area contributed by atoms with Gasteiger partial charge in [0.15, 0.2) is 5.82 Å². The number of aryl methyl sites for hydroxylation is 1. The largest absolute Gasteiger partial charge is 0.262 e. The van der Waals surface area contributed by atoms with Gasteiger partial charge in [0.1, 0.15) is 11.5 Å². The van der Waals surface area contributed by atoms with Crippen molar-refractivity contribution in [1.29, 1.82) is 5.26 Å². The maximum atomic E-state index is 8.63. The van der Waals surface area contributed by atoms with E-state index in [4.69, 9.17) is 5.26 Å². The lowest BCUT2D eigenvalue weighted by Crippen LogP contribution is -1.90. The lowest BCUT2D eigenvalue weighted by Gasteiger charge is -2.03. The van der Waals surface area contributed by atoms with E-state index in [-0.39, 0.29) is 6.42 Å². The van der Waals surface area contributed by atoms with E-state index in [1.54, 1.807) is 0 Å². The molecule has 3 aromatic rings. The van der Waals surface area contributed by atoms with Crippen molar-refractivity contribution in [2.24, 2.45) is 0 Å². The number of fused-ring (bicyclic) bond motifs is 1. The molecule has 0 amide bonds. The number of aromatic amines is 1. The highest BCUT2D eigenvalue weighted by atomic mass is 15.2. The van der Waals surface area contributed by atoms with Crippen LogP contribution in [0.3, 0.4) is 0 Å². The van der Waals surface area contributed by atoms with Crippen LogP contribution in [0, 0.1) is 18.3 Å². The zero-order valence-corrected chi connectivity index (χ0v) is 10.4. The fourth-order valence-electron chi connectivity index (χ4n) is 2.03. The molecule has 1 N–H and O–H groups in total. The molecule has 0 bridgehead atoms. The number of nitriles is 1. The van der Waals surface area contributed by atoms with Crippen LogP contribution in [0.2, 0.25) is 0 Å². The second kappa shape index (κ2) is 4.50. The molecule has 5 nitrogen and oxygen atoms in total. The topological polar surface area (TPSA) is 78.2 Å². The number of H-pyrrole nitrogens is 1. The van der Waals surface area contributed by atoms with Gasteiger partial charge < -0.3 is 0 Å². The average molecular weight is 249 g/mol. The molecule has 0 saturated carbocycles. The molecule has 0 fully saturated rings. The second-order valence-electron chi connectivity index (χ2n) is 4.28. The van der Waals surface area contributed by atoms with Crippen LogP contribution in [-0.4, -0.2) is 20.2 Å². The van der Waals surface area contributed by atoms with Crippen LogP contribution in [0.5, 0.6) is 0 Å². The van der Waals surface area contributed by atoms with Crippen LogP contribution in [0.15, 0.2) is 30.3 Å². The number of para-hydroxylation sites is 1. The third-order valence-electron chi connectivity index (χ3n) is 2.93.